The molecule has 2 heterocycles. The molecule has 0 atom stereocenters. The van der Waals surface area contributed by atoms with Gasteiger partial charge in [-0.2, -0.15) is 5.10 Å². The molecule has 1 aliphatic rings. The fourth-order valence-electron chi connectivity index (χ4n) is 4.03. The Morgan fingerprint density at radius 1 is 1.14 bits per heavy atom. The van der Waals surface area contributed by atoms with Crippen molar-refractivity contribution < 1.29 is 0 Å². The second kappa shape index (κ2) is 9.58. The van der Waals surface area contributed by atoms with Crippen LogP contribution in [0.1, 0.15) is 49.2 Å². The number of guanidine groups is 1. The van der Waals surface area contributed by atoms with Crippen molar-refractivity contribution in [2.75, 3.05) is 20.1 Å². The van der Waals surface area contributed by atoms with Crippen molar-refractivity contribution >= 4 is 12.0 Å². The number of nitrogens with one attached hydrogen (secondary N) is 1. The summed E-state index contributed by atoms with van der Waals surface area (Å²) in [6, 6.07) is 10.6. The molecule has 0 saturated carbocycles. The first kappa shape index (κ1) is 20.2. The van der Waals surface area contributed by atoms with E-state index in [4.69, 9.17) is 0 Å². The average molecular weight is 380 g/mol. The van der Waals surface area contributed by atoms with Gasteiger partial charge in [0.15, 0.2) is 5.96 Å². The smallest absolute Gasteiger partial charge is 0.193 e. The zero-order chi connectivity index (χ0) is 19.9. The van der Waals surface area contributed by atoms with Crippen LogP contribution in [0.3, 0.4) is 0 Å². The largest absolute Gasteiger partial charge is 0.352 e. The third kappa shape index (κ3) is 4.64. The molecular formula is C23H33N5. The number of benzene rings is 1. The van der Waals surface area contributed by atoms with E-state index in [0.717, 1.165) is 51.3 Å². The number of aliphatic imine (C=N–C) groups is 1. The van der Waals surface area contributed by atoms with Gasteiger partial charge in [0.1, 0.15) is 0 Å². The van der Waals surface area contributed by atoms with Crippen molar-refractivity contribution in [2.45, 2.75) is 46.1 Å². The molecule has 0 spiro atoms. The van der Waals surface area contributed by atoms with Gasteiger partial charge in [0, 0.05) is 45.0 Å². The normalized spacial score (nSPS) is 15.1. The molecule has 0 radical (unpaired) electrons. The Morgan fingerprint density at radius 2 is 1.86 bits per heavy atom. The van der Waals surface area contributed by atoms with Crippen LogP contribution in [-0.2, 0) is 26.4 Å². The Bertz CT molecular complexity index is 822. The monoisotopic (exact) mass is 379 g/mol. The second-order valence-electron chi connectivity index (χ2n) is 7.30. The topological polar surface area (TPSA) is 45.5 Å². The number of piperidine rings is 1. The highest BCUT2D eigenvalue weighted by Crippen LogP contribution is 2.20. The lowest BCUT2D eigenvalue weighted by molar-refractivity contribution is 0.375. The van der Waals surface area contributed by atoms with Crippen molar-refractivity contribution in [1.29, 1.82) is 0 Å². The summed E-state index contributed by atoms with van der Waals surface area (Å²) in [6.07, 6.45) is 6.47. The molecule has 0 bridgehead atoms. The first-order valence-corrected chi connectivity index (χ1v) is 10.4. The molecule has 1 aliphatic heterocycles. The third-order valence-corrected chi connectivity index (χ3v) is 5.54. The van der Waals surface area contributed by atoms with Gasteiger partial charge in [-0.15, -0.1) is 0 Å². The number of aryl methyl sites for hydroxylation is 2. The molecule has 1 saturated heterocycles. The van der Waals surface area contributed by atoms with E-state index >= 15 is 0 Å². The van der Waals surface area contributed by atoms with Crippen LogP contribution in [0, 0.1) is 0 Å². The summed E-state index contributed by atoms with van der Waals surface area (Å²) in [4.78, 5) is 6.91. The van der Waals surface area contributed by atoms with E-state index in [0.29, 0.717) is 0 Å². The van der Waals surface area contributed by atoms with E-state index < -0.39 is 0 Å². The third-order valence-electron chi connectivity index (χ3n) is 5.54. The van der Waals surface area contributed by atoms with Crippen LogP contribution < -0.4 is 5.32 Å². The molecule has 1 aromatic carbocycles. The van der Waals surface area contributed by atoms with E-state index in [-0.39, 0.29) is 0 Å². The van der Waals surface area contributed by atoms with E-state index in [1.54, 1.807) is 0 Å². The molecule has 150 valence electrons. The maximum absolute atomic E-state index is 4.68. The fraction of sp³-hybridized carbons (Fsp3) is 0.478. The number of rotatable bonds is 5. The van der Waals surface area contributed by atoms with Crippen molar-refractivity contribution in [3.8, 4) is 0 Å². The quantitative estimate of drug-likeness (QED) is 0.635. The number of nitrogens with zero attached hydrogens (tertiary/aromatic N) is 4. The van der Waals surface area contributed by atoms with Crippen molar-refractivity contribution in [1.82, 2.24) is 20.0 Å². The van der Waals surface area contributed by atoms with Gasteiger partial charge in [0.25, 0.3) is 0 Å². The van der Waals surface area contributed by atoms with Gasteiger partial charge in [-0.25, -0.2) is 0 Å². The van der Waals surface area contributed by atoms with E-state index in [1.807, 2.05) is 18.8 Å². The number of likely N-dealkylation sites (tertiary alicyclic amines) is 1. The SMILES string of the molecule is CCc1nn(C)c(CC)c1CNC(=NC)N1CCC(=Cc2ccccc2)CC1. The lowest BCUT2D eigenvalue weighted by Gasteiger charge is -2.31. The Kier molecular flexibility index (Phi) is 6.90. The van der Waals surface area contributed by atoms with Gasteiger partial charge in [0.05, 0.1) is 5.69 Å². The van der Waals surface area contributed by atoms with E-state index in [1.165, 1.54) is 28.1 Å². The minimum Gasteiger partial charge on any atom is -0.352 e. The highest BCUT2D eigenvalue weighted by atomic mass is 15.3. The van der Waals surface area contributed by atoms with Crippen molar-refractivity contribution in [2.24, 2.45) is 12.0 Å². The summed E-state index contributed by atoms with van der Waals surface area (Å²) in [5, 5.41) is 8.27. The van der Waals surface area contributed by atoms with Crippen LogP contribution in [-0.4, -0.2) is 40.8 Å². The van der Waals surface area contributed by atoms with Gasteiger partial charge in [0.2, 0.25) is 0 Å². The van der Waals surface area contributed by atoms with Gasteiger partial charge in [-0.05, 0) is 31.2 Å². The molecule has 5 heteroatoms. The summed E-state index contributed by atoms with van der Waals surface area (Å²) in [7, 11) is 3.92. The van der Waals surface area contributed by atoms with Crippen LogP contribution in [0.4, 0.5) is 0 Å². The van der Waals surface area contributed by atoms with Crippen LogP contribution in [0.25, 0.3) is 6.08 Å². The molecule has 0 unspecified atom stereocenters. The van der Waals surface area contributed by atoms with Gasteiger partial charge < -0.3 is 10.2 Å². The molecule has 1 fully saturated rings. The molecule has 0 aliphatic carbocycles. The van der Waals surface area contributed by atoms with Crippen LogP contribution >= 0.6 is 0 Å². The Balaban J connectivity index is 1.61. The van der Waals surface area contributed by atoms with Crippen LogP contribution in [0.5, 0.6) is 0 Å². The second-order valence-corrected chi connectivity index (χ2v) is 7.30. The molecule has 28 heavy (non-hydrogen) atoms. The minimum absolute atomic E-state index is 0.788. The minimum atomic E-state index is 0.788. The molecule has 2 aromatic rings. The summed E-state index contributed by atoms with van der Waals surface area (Å²) in [6.45, 7) is 7.17. The van der Waals surface area contributed by atoms with E-state index in [9.17, 15) is 0 Å². The summed E-state index contributed by atoms with van der Waals surface area (Å²) < 4.78 is 2.03. The maximum atomic E-state index is 4.68. The number of hydrogen-bond acceptors (Lipinski definition) is 2. The highest BCUT2D eigenvalue weighted by molar-refractivity contribution is 5.80. The Morgan fingerprint density at radius 3 is 2.46 bits per heavy atom. The van der Waals surface area contributed by atoms with Gasteiger partial charge in [-0.3, -0.25) is 9.67 Å². The fourth-order valence-corrected chi connectivity index (χ4v) is 4.03. The predicted octanol–water partition coefficient (Wildman–Crippen LogP) is 3.80. The predicted molar refractivity (Wildman–Crippen MR) is 117 cm³/mol. The van der Waals surface area contributed by atoms with Gasteiger partial charge >= 0.3 is 0 Å². The van der Waals surface area contributed by atoms with Crippen molar-refractivity contribution in [3.05, 3.63) is 58.4 Å². The zero-order valence-electron chi connectivity index (χ0n) is 17.7. The number of hydrogen-bond donors (Lipinski definition) is 1. The lowest BCUT2D eigenvalue weighted by Crippen LogP contribution is -2.44. The molecule has 5 nitrogen and oxygen atoms in total. The summed E-state index contributed by atoms with van der Waals surface area (Å²) in [5.74, 6) is 0.992. The molecular weight excluding hydrogens is 346 g/mol. The molecule has 3 rings (SSSR count). The molecule has 1 aromatic heterocycles. The van der Waals surface area contributed by atoms with Crippen molar-refractivity contribution in [3.63, 3.8) is 0 Å². The van der Waals surface area contributed by atoms with E-state index in [2.05, 4.69) is 70.6 Å². The maximum Gasteiger partial charge on any atom is 0.193 e. The zero-order valence-corrected chi connectivity index (χ0v) is 17.7. The van der Waals surface area contributed by atoms with Crippen LogP contribution in [0.15, 0.2) is 40.9 Å². The summed E-state index contributed by atoms with van der Waals surface area (Å²) in [5.41, 5.74) is 6.65. The standard InChI is InChI=1S/C23H33N5/c1-5-21-20(22(6-2)27(4)26-21)17-25-23(24-3)28-14-12-19(13-15-28)16-18-10-8-7-9-11-18/h7-11,16H,5-6,12-15,17H2,1-4H3,(H,24,25). The summed E-state index contributed by atoms with van der Waals surface area (Å²) >= 11 is 0. The Labute approximate surface area is 169 Å². The first-order chi connectivity index (χ1) is 13.7. The van der Waals surface area contributed by atoms with Crippen LogP contribution in [0.2, 0.25) is 0 Å². The highest BCUT2D eigenvalue weighted by Gasteiger charge is 2.19. The average Bonchev–Trinajstić information content (AvgIpc) is 3.05. The molecule has 1 N–H and O–H groups in total. The lowest BCUT2D eigenvalue weighted by atomic mass is 10.0. The number of aromatic nitrogens is 2. The first-order valence-electron chi connectivity index (χ1n) is 10.4. The molecule has 0 amide bonds. The Hall–Kier alpha value is -2.56. The van der Waals surface area contributed by atoms with Gasteiger partial charge in [-0.1, -0.05) is 55.8 Å².